The van der Waals surface area contributed by atoms with Crippen molar-refractivity contribution in [1.82, 2.24) is 9.88 Å². The van der Waals surface area contributed by atoms with E-state index in [1.165, 1.54) is 12.0 Å². The Kier molecular flexibility index (Phi) is 3.93. The van der Waals surface area contributed by atoms with Gasteiger partial charge in [0.2, 0.25) is 0 Å². The number of aromatic nitrogens is 1. The molecule has 4 rings (SSSR count). The van der Waals surface area contributed by atoms with E-state index in [1.54, 1.807) is 11.3 Å². The number of rotatable bonds is 4. The molecule has 2 heterocycles. The fourth-order valence-electron chi connectivity index (χ4n) is 3.90. The first-order chi connectivity index (χ1) is 11.6. The van der Waals surface area contributed by atoms with E-state index in [9.17, 15) is 4.79 Å². The van der Waals surface area contributed by atoms with Gasteiger partial charge in [-0.2, -0.15) is 0 Å². The zero-order valence-electron chi connectivity index (χ0n) is 14.2. The summed E-state index contributed by atoms with van der Waals surface area (Å²) in [4.78, 5) is 20.6. The van der Waals surface area contributed by atoms with Crippen LogP contribution in [0.1, 0.15) is 34.4 Å². The van der Waals surface area contributed by atoms with Crippen LogP contribution < -0.4 is 5.73 Å². The molecule has 4 nitrogen and oxygen atoms in total. The predicted octanol–water partition coefficient (Wildman–Crippen LogP) is 3.10. The van der Waals surface area contributed by atoms with Gasteiger partial charge in [0.05, 0.1) is 9.88 Å². The Morgan fingerprint density at radius 3 is 2.79 bits per heavy atom. The number of hydrogen-bond acceptors (Lipinski definition) is 4. The van der Waals surface area contributed by atoms with Crippen LogP contribution in [0.4, 0.5) is 0 Å². The van der Waals surface area contributed by atoms with Crippen LogP contribution in [0.3, 0.4) is 0 Å². The Morgan fingerprint density at radius 2 is 2.12 bits per heavy atom. The van der Waals surface area contributed by atoms with E-state index in [-0.39, 0.29) is 11.9 Å². The fourth-order valence-corrected chi connectivity index (χ4v) is 4.82. The number of piperidine rings is 1. The van der Waals surface area contributed by atoms with Crippen molar-refractivity contribution in [2.75, 3.05) is 13.1 Å². The van der Waals surface area contributed by atoms with Crippen molar-refractivity contribution in [1.29, 1.82) is 0 Å². The zero-order valence-corrected chi connectivity index (χ0v) is 15.0. The summed E-state index contributed by atoms with van der Waals surface area (Å²) in [6.45, 7) is 5.51. The standard InChI is InChI=1S/C19H23N3OS/c1-3-12-4-6-13(7-5-12)18-17(21-11(2)24-18)19(23)22-10-14-8-15(14)16(22)9-20/h4-7,14-16H,3,8-10,20H2,1-2H3/t14-,15-,16+/m0/s1. The molecule has 0 radical (unpaired) electrons. The lowest BCUT2D eigenvalue weighted by Crippen LogP contribution is -2.43. The number of aryl methyl sites for hydroxylation is 2. The molecule has 2 aromatic rings. The highest BCUT2D eigenvalue weighted by atomic mass is 32.1. The zero-order chi connectivity index (χ0) is 16.8. The van der Waals surface area contributed by atoms with Crippen LogP contribution in [-0.4, -0.2) is 34.9 Å². The van der Waals surface area contributed by atoms with Crippen molar-refractivity contribution in [3.63, 3.8) is 0 Å². The summed E-state index contributed by atoms with van der Waals surface area (Å²) in [7, 11) is 0. The van der Waals surface area contributed by atoms with Crippen molar-refractivity contribution in [2.45, 2.75) is 32.7 Å². The van der Waals surface area contributed by atoms with E-state index in [0.717, 1.165) is 28.4 Å². The number of fused-ring (bicyclic) bond motifs is 1. The lowest BCUT2D eigenvalue weighted by atomic mass is 10.1. The number of carbonyl (C=O) groups excluding carboxylic acids is 1. The number of nitrogens with zero attached hydrogens (tertiary/aromatic N) is 2. The summed E-state index contributed by atoms with van der Waals surface area (Å²) in [6, 6.07) is 8.66. The number of likely N-dealkylation sites (tertiary alicyclic amines) is 1. The van der Waals surface area contributed by atoms with E-state index >= 15 is 0 Å². The lowest BCUT2D eigenvalue weighted by Gasteiger charge is -2.26. The first kappa shape index (κ1) is 15.8. The largest absolute Gasteiger partial charge is 0.332 e. The van der Waals surface area contributed by atoms with E-state index in [0.29, 0.717) is 24.1 Å². The first-order valence-corrected chi connectivity index (χ1v) is 9.51. The van der Waals surface area contributed by atoms with Gasteiger partial charge >= 0.3 is 0 Å². The van der Waals surface area contributed by atoms with Crippen LogP contribution in [0.15, 0.2) is 24.3 Å². The summed E-state index contributed by atoms with van der Waals surface area (Å²) in [5.41, 5.74) is 8.91. The summed E-state index contributed by atoms with van der Waals surface area (Å²) >= 11 is 1.60. The highest BCUT2D eigenvalue weighted by Crippen LogP contribution is 2.49. The second-order valence-electron chi connectivity index (χ2n) is 6.88. The molecule has 24 heavy (non-hydrogen) atoms. The van der Waals surface area contributed by atoms with Gasteiger partial charge in [-0.25, -0.2) is 4.98 Å². The molecule has 1 aliphatic heterocycles. The van der Waals surface area contributed by atoms with Gasteiger partial charge in [-0.05, 0) is 42.7 Å². The Labute approximate surface area is 146 Å². The molecule has 2 fully saturated rings. The number of carbonyl (C=O) groups is 1. The second-order valence-corrected chi connectivity index (χ2v) is 8.08. The van der Waals surface area contributed by atoms with Crippen LogP contribution in [0.2, 0.25) is 0 Å². The summed E-state index contributed by atoms with van der Waals surface area (Å²) in [5.74, 6) is 1.33. The average Bonchev–Trinajstić information content (AvgIpc) is 3.11. The maximum Gasteiger partial charge on any atom is 0.274 e. The SMILES string of the molecule is CCc1ccc(-c2sc(C)nc2C(=O)N2C[C@@H]3C[C@@H]3[C@H]2CN)cc1. The van der Waals surface area contributed by atoms with E-state index in [2.05, 4.69) is 36.2 Å². The number of amides is 1. The van der Waals surface area contributed by atoms with Crippen LogP contribution >= 0.6 is 11.3 Å². The normalized spacial score (nSPS) is 25.0. The molecule has 2 aliphatic rings. The number of thiazole rings is 1. The number of nitrogens with two attached hydrogens (primary N) is 1. The molecule has 1 amide bonds. The smallest absolute Gasteiger partial charge is 0.274 e. The topological polar surface area (TPSA) is 59.2 Å². The molecule has 5 heteroatoms. The molecule has 1 aromatic carbocycles. The third-order valence-electron chi connectivity index (χ3n) is 5.37. The predicted molar refractivity (Wildman–Crippen MR) is 97.1 cm³/mol. The van der Waals surface area contributed by atoms with Crippen molar-refractivity contribution < 1.29 is 4.79 Å². The van der Waals surface area contributed by atoms with Crippen molar-refractivity contribution in [3.05, 3.63) is 40.5 Å². The van der Waals surface area contributed by atoms with Crippen LogP contribution in [0, 0.1) is 18.8 Å². The van der Waals surface area contributed by atoms with Gasteiger partial charge in [-0.15, -0.1) is 11.3 Å². The van der Waals surface area contributed by atoms with Crippen molar-refractivity contribution >= 4 is 17.2 Å². The minimum absolute atomic E-state index is 0.0524. The van der Waals surface area contributed by atoms with Gasteiger partial charge < -0.3 is 10.6 Å². The van der Waals surface area contributed by atoms with Gasteiger partial charge in [-0.3, -0.25) is 4.79 Å². The van der Waals surface area contributed by atoms with E-state index < -0.39 is 0 Å². The molecule has 0 unspecified atom stereocenters. The number of hydrogen-bond donors (Lipinski definition) is 1. The minimum atomic E-state index is 0.0524. The van der Waals surface area contributed by atoms with E-state index in [1.807, 2.05) is 11.8 Å². The summed E-state index contributed by atoms with van der Waals surface area (Å²) in [6.07, 6.45) is 2.25. The molecule has 2 N–H and O–H groups in total. The third kappa shape index (κ3) is 2.56. The lowest BCUT2D eigenvalue weighted by molar-refractivity contribution is 0.0708. The van der Waals surface area contributed by atoms with Gasteiger partial charge in [0.25, 0.3) is 5.91 Å². The quantitative estimate of drug-likeness (QED) is 0.929. The van der Waals surface area contributed by atoms with Gasteiger partial charge in [0, 0.05) is 19.1 Å². The molecular weight excluding hydrogens is 318 g/mol. The molecule has 3 atom stereocenters. The van der Waals surface area contributed by atoms with Crippen molar-refractivity contribution in [2.24, 2.45) is 17.6 Å². The average molecular weight is 341 g/mol. The van der Waals surface area contributed by atoms with Crippen LogP contribution in [-0.2, 0) is 6.42 Å². The highest BCUT2D eigenvalue weighted by molar-refractivity contribution is 7.15. The van der Waals surface area contributed by atoms with Crippen LogP contribution in [0.25, 0.3) is 10.4 Å². The Morgan fingerprint density at radius 1 is 1.38 bits per heavy atom. The van der Waals surface area contributed by atoms with Crippen molar-refractivity contribution in [3.8, 4) is 10.4 Å². The third-order valence-corrected chi connectivity index (χ3v) is 6.39. The molecule has 0 spiro atoms. The molecule has 1 aliphatic carbocycles. The maximum absolute atomic E-state index is 13.1. The summed E-state index contributed by atoms with van der Waals surface area (Å²) < 4.78 is 0. The van der Waals surface area contributed by atoms with Gasteiger partial charge in [-0.1, -0.05) is 31.2 Å². The highest BCUT2D eigenvalue weighted by Gasteiger charge is 2.53. The molecule has 1 saturated heterocycles. The molecule has 0 bridgehead atoms. The number of benzene rings is 1. The van der Waals surface area contributed by atoms with Crippen LogP contribution in [0.5, 0.6) is 0 Å². The van der Waals surface area contributed by atoms with E-state index in [4.69, 9.17) is 5.73 Å². The Bertz CT molecular complexity index is 767. The fraction of sp³-hybridized carbons (Fsp3) is 0.474. The van der Waals surface area contributed by atoms with Gasteiger partial charge in [0.15, 0.2) is 0 Å². The van der Waals surface area contributed by atoms with Gasteiger partial charge in [0.1, 0.15) is 5.69 Å². The maximum atomic E-state index is 13.1. The summed E-state index contributed by atoms with van der Waals surface area (Å²) in [5, 5.41) is 0.932. The molecule has 126 valence electrons. The first-order valence-electron chi connectivity index (χ1n) is 8.70. The Hall–Kier alpha value is -1.72. The Balaban J connectivity index is 1.67. The monoisotopic (exact) mass is 341 g/mol. The molecular formula is C19H23N3OS. The second kappa shape index (κ2) is 5.97. The molecule has 1 aromatic heterocycles. The minimum Gasteiger partial charge on any atom is -0.332 e. The molecule has 1 saturated carbocycles.